The molecule has 1 aromatic heterocycles. The van der Waals surface area contributed by atoms with Crippen LogP contribution < -0.4 is 5.32 Å². The Morgan fingerprint density at radius 2 is 2.50 bits per heavy atom. The molecule has 1 atom stereocenters. The maximum atomic E-state index is 11.5. The van der Waals surface area contributed by atoms with Crippen molar-refractivity contribution in [1.29, 1.82) is 0 Å². The van der Waals surface area contributed by atoms with Gasteiger partial charge in [0.2, 0.25) is 0 Å². The number of rotatable bonds is 6. The third-order valence-electron chi connectivity index (χ3n) is 1.95. The number of aromatic nitrogens is 1. The van der Waals surface area contributed by atoms with Crippen molar-refractivity contribution in [1.82, 2.24) is 10.5 Å². The van der Waals surface area contributed by atoms with Crippen molar-refractivity contribution in [2.45, 2.75) is 19.6 Å². The molecule has 0 saturated carbocycles. The van der Waals surface area contributed by atoms with Crippen LogP contribution in [0.1, 0.15) is 23.2 Å². The lowest BCUT2D eigenvalue weighted by molar-refractivity contribution is -0.256. The van der Waals surface area contributed by atoms with E-state index in [9.17, 15) is 4.79 Å². The molecule has 0 aliphatic carbocycles. The highest BCUT2D eigenvalue weighted by Crippen LogP contribution is 2.04. The lowest BCUT2D eigenvalue weighted by atomic mass is 10.3. The van der Waals surface area contributed by atoms with Crippen LogP contribution >= 0.6 is 0 Å². The maximum Gasteiger partial charge on any atom is 0.273 e. The number of nitrogens with zero attached hydrogens (tertiary/aromatic N) is 1. The van der Waals surface area contributed by atoms with Gasteiger partial charge in [0.15, 0.2) is 11.5 Å². The number of hydrogen-bond donors (Lipinski definition) is 2. The molecular weight excluding hydrogens is 216 g/mol. The van der Waals surface area contributed by atoms with Crippen molar-refractivity contribution in [2.75, 3.05) is 13.7 Å². The summed E-state index contributed by atoms with van der Waals surface area (Å²) in [6.07, 6.45) is -0.0731. The van der Waals surface area contributed by atoms with E-state index in [1.165, 1.54) is 6.07 Å². The number of methoxy groups -OCH3 is 1. The summed E-state index contributed by atoms with van der Waals surface area (Å²) in [5.41, 5.74) is 0.135. The lowest BCUT2D eigenvalue weighted by Gasteiger charge is -2.08. The molecule has 0 bridgehead atoms. The van der Waals surface area contributed by atoms with Crippen molar-refractivity contribution in [3.05, 3.63) is 17.5 Å². The van der Waals surface area contributed by atoms with Crippen molar-refractivity contribution in [2.24, 2.45) is 0 Å². The number of carbonyl (C=O) groups is 1. The fraction of sp³-hybridized carbons (Fsp3) is 0.556. The van der Waals surface area contributed by atoms with Crippen LogP contribution in [0.15, 0.2) is 10.6 Å². The first-order valence-electron chi connectivity index (χ1n) is 4.70. The molecule has 1 amide bonds. The van der Waals surface area contributed by atoms with Gasteiger partial charge in [-0.2, -0.15) is 0 Å². The van der Waals surface area contributed by atoms with E-state index in [-0.39, 0.29) is 30.1 Å². The van der Waals surface area contributed by atoms with Crippen molar-refractivity contribution >= 4 is 5.91 Å². The quantitative estimate of drug-likeness (QED) is 0.543. The average Bonchev–Trinajstić information content (AvgIpc) is 2.74. The molecular formula is C9H14N2O5. The number of amides is 1. The molecule has 0 radical (unpaired) electrons. The Hall–Kier alpha value is -1.44. The Balaban J connectivity index is 2.46. The topological polar surface area (TPSA) is 93.8 Å². The first kappa shape index (κ1) is 12.6. The average molecular weight is 230 g/mol. The van der Waals surface area contributed by atoms with Gasteiger partial charge in [-0.3, -0.25) is 10.1 Å². The largest absolute Gasteiger partial charge is 0.380 e. The minimum atomic E-state index is -0.364. The second-order valence-corrected chi connectivity index (χ2v) is 3.21. The van der Waals surface area contributed by atoms with Crippen LogP contribution in [0.25, 0.3) is 0 Å². The molecule has 7 heteroatoms. The molecule has 0 aromatic carbocycles. The standard InChI is InChI=1S/C9H14N2O5/c1-6(14-2)4-10-9(12)8-3-7(5-15-13)16-11-8/h3,6,13H,4-5H2,1-2H3,(H,10,12). The molecule has 1 heterocycles. The molecule has 7 nitrogen and oxygen atoms in total. The Morgan fingerprint density at radius 1 is 1.75 bits per heavy atom. The van der Waals surface area contributed by atoms with Gasteiger partial charge >= 0.3 is 0 Å². The highest BCUT2D eigenvalue weighted by molar-refractivity contribution is 5.92. The van der Waals surface area contributed by atoms with Gasteiger partial charge in [-0.15, -0.1) is 0 Å². The van der Waals surface area contributed by atoms with E-state index in [4.69, 9.17) is 14.5 Å². The zero-order chi connectivity index (χ0) is 12.0. The van der Waals surface area contributed by atoms with Gasteiger partial charge in [-0.1, -0.05) is 5.16 Å². The van der Waals surface area contributed by atoms with Gasteiger partial charge in [0, 0.05) is 19.7 Å². The molecule has 0 aliphatic rings. The molecule has 2 N–H and O–H groups in total. The zero-order valence-corrected chi connectivity index (χ0v) is 9.10. The normalized spacial score (nSPS) is 12.4. The Morgan fingerprint density at radius 3 is 3.12 bits per heavy atom. The third-order valence-corrected chi connectivity index (χ3v) is 1.95. The summed E-state index contributed by atoms with van der Waals surface area (Å²) in [5.74, 6) is -0.0933. The fourth-order valence-corrected chi connectivity index (χ4v) is 0.962. The first-order valence-corrected chi connectivity index (χ1v) is 4.70. The Bertz CT molecular complexity index is 338. The van der Waals surface area contributed by atoms with Crippen LogP contribution in [0.4, 0.5) is 0 Å². The Labute approximate surface area is 92.2 Å². The van der Waals surface area contributed by atoms with E-state index in [0.29, 0.717) is 6.54 Å². The van der Waals surface area contributed by atoms with Gasteiger partial charge in [-0.25, -0.2) is 4.89 Å². The van der Waals surface area contributed by atoms with Crippen molar-refractivity contribution in [3.8, 4) is 0 Å². The minimum Gasteiger partial charge on any atom is -0.380 e. The monoisotopic (exact) mass is 230 g/mol. The van der Waals surface area contributed by atoms with Crippen LogP contribution in [0.5, 0.6) is 0 Å². The number of nitrogens with one attached hydrogen (secondary N) is 1. The molecule has 16 heavy (non-hydrogen) atoms. The van der Waals surface area contributed by atoms with E-state index in [2.05, 4.69) is 15.4 Å². The number of carbonyl (C=O) groups excluding carboxylic acids is 1. The summed E-state index contributed by atoms with van der Waals surface area (Å²) < 4.78 is 9.70. The molecule has 0 spiro atoms. The van der Waals surface area contributed by atoms with Crippen LogP contribution in [0.3, 0.4) is 0 Å². The molecule has 1 aromatic rings. The van der Waals surface area contributed by atoms with Crippen molar-refractivity contribution in [3.63, 3.8) is 0 Å². The second kappa shape index (κ2) is 6.21. The second-order valence-electron chi connectivity index (χ2n) is 3.21. The maximum absolute atomic E-state index is 11.5. The van der Waals surface area contributed by atoms with Gasteiger partial charge in [0.1, 0.15) is 6.61 Å². The van der Waals surface area contributed by atoms with Gasteiger partial charge in [0.25, 0.3) is 5.91 Å². The highest BCUT2D eigenvalue weighted by Gasteiger charge is 2.13. The van der Waals surface area contributed by atoms with E-state index >= 15 is 0 Å². The van der Waals surface area contributed by atoms with E-state index < -0.39 is 0 Å². The SMILES string of the molecule is COC(C)CNC(=O)c1cc(COO)on1. The molecule has 0 saturated heterocycles. The molecule has 1 rings (SSSR count). The predicted octanol–water partition coefficient (Wildman–Crippen LogP) is 0.429. The summed E-state index contributed by atoms with van der Waals surface area (Å²) in [4.78, 5) is 15.3. The van der Waals surface area contributed by atoms with E-state index in [1.807, 2.05) is 6.92 Å². The number of ether oxygens (including phenoxy) is 1. The fourth-order valence-electron chi connectivity index (χ4n) is 0.962. The smallest absolute Gasteiger partial charge is 0.273 e. The van der Waals surface area contributed by atoms with Crippen LogP contribution in [0.2, 0.25) is 0 Å². The van der Waals surface area contributed by atoms with Crippen molar-refractivity contribution < 1.29 is 24.2 Å². The summed E-state index contributed by atoms with van der Waals surface area (Å²) in [5, 5.41) is 14.3. The summed E-state index contributed by atoms with van der Waals surface area (Å²) in [6.45, 7) is 2.07. The molecule has 0 fully saturated rings. The zero-order valence-electron chi connectivity index (χ0n) is 9.10. The van der Waals surface area contributed by atoms with Crippen LogP contribution in [-0.4, -0.2) is 36.1 Å². The highest BCUT2D eigenvalue weighted by atomic mass is 17.1. The first-order chi connectivity index (χ1) is 7.67. The summed E-state index contributed by atoms with van der Waals surface area (Å²) in [6, 6.07) is 1.39. The third kappa shape index (κ3) is 3.61. The molecule has 90 valence electrons. The van der Waals surface area contributed by atoms with Gasteiger partial charge in [0.05, 0.1) is 6.10 Å². The van der Waals surface area contributed by atoms with Crippen LogP contribution in [0, 0.1) is 0 Å². The van der Waals surface area contributed by atoms with Gasteiger partial charge in [-0.05, 0) is 6.92 Å². The van der Waals surface area contributed by atoms with Gasteiger partial charge < -0.3 is 14.6 Å². The summed E-state index contributed by atoms with van der Waals surface area (Å²) >= 11 is 0. The lowest BCUT2D eigenvalue weighted by Crippen LogP contribution is -2.31. The Kier molecular flexibility index (Phi) is 4.90. The molecule has 0 aliphatic heterocycles. The number of hydrogen-bond acceptors (Lipinski definition) is 6. The summed E-state index contributed by atoms with van der Waals surface area (Å²) in [7, 11) is 1.56. The predicted molar refractivity (Wildman–Crippen MR) is 52.7 cm³/mol. The van der Waals surface area contributed by atoms with E-state index in [1.54, 1.807) is 7.11 Å². The van der Waals surface area contributed by atoms with E-state index in [0.717, 1.165) is 0 Å². The molecule has 1 unspecified atom stereocenters. The minimum absolute atomic E-state index is 0.0731. The van der Waals surface area contributed by atoms with Crippen LogP contribution in [-0.2, 0) is 16.2 Å².